The smallest absolute Gasteiger partial charge is 0.191 e. The molecule has 0 unspecified atom stereocenters. The van der Waals surface area contributed by atoms with E-state index in [1.165, 1.54) is 38.5 Å². The third-order valence-corrected chi connectivity index (χ3v) is 4.60. The molecule has 1 fully saturated rings. The first-order chi connectivity index (χ1) is 11.8. The van der Waals surface area contributed by atoms with E-state index >= 15 is 0 Å². The maximum Gasteiger partial charge on any atom is 0.191 e. The van der Waals surface area contributed by atoms with Crippen LogP contribution in [-0.2, 0) is 18.3 Å². The minimum absolute atomic E-state index is 0.508. The molecule has 0 spiro atoms. The van der Waals surface area contributed by atoms with E-state index in [-0.39, 0.29) is 0 Å². The summed E-state index contributed by atoms with van der Waals surface area (Å²) in [6.07, 6.45) is 12.5. The van der Waals surface area contributed by atoms with Gasteiger partial charge in [0, 0.05) is 33.4 Å². The van der Waals surface area contributed by atoms with Crippen LogP contribution in [-0.4, -0.2) is 42.0 Å². The molecule has 1 heterocycles. The molecule has 1 aliphatic carbocycles. The summed E-state index contributed by atoms with van der Waals surface area (Å²) in [5.41, 5.74) is 1.13. The molecule has 0 aromatic carbocycles. The van der Waals surface area contributed by atoms with Crippen molar-refractivity contribution in [2.24, 2.45) is 12.0 Å². The van der Waals surface area contributed by atoms with Crippen molar-refractivity contribution >= 4 is 5.96 Å². The maximum atomic E-state index is 6.02. The molecule has 0 atom stereocenters. The summed E-state index contributed by atoms with van der Waals surface area (Å²) in [6, 6.07) is 2.01. The van der Waals surface area contributed by atoms with Gasteiger partial charge >= 0.3 is 0 Å². The van der Waals surface area contributed by atoms with Gasteiger partial charge in [0.15, 0.2) is 5.96 Å². The lowest BCUT2D eigenvalue weighted by Crippen LogP contribution is -2.37. The molecule has 0 bridgehead atoms. The Balaban J connectivity index is 1.51. The number of aryl methyl sites for hydroxylation is 1. The van der Waals surface area contributed by atoms with Crippen molar-refractivity contribution < 1.29 is 4.74 Å². The molecule has 0 amide bonds. The van der Waals surface area contributed by atoms with Crippen molar-refractivity contribution in [2.45, 2.75) is 64.0 Å². The van der Waals surface area contributed by atoms with Crippen molar-refractivity contribution in [2.75, 3.05) is 20.2 Å². The standard InChI is InChI=1S/C18H33N5O/c1-19-18(21-15-16-11-13-22-23(16)2)20-12-7-8-14-24-17-9-5-3-4-6-10-17/h11,13,17H,3-10,12,14-15H2,1-2H3,(H2,19,20,21). The summed E-state index contributed by atoms with van der Waals surface area (Å²) in [4.78, 5) is 4.25. The molecule has 6 heteroatoms. The highest BCUT2D eigenvalue weighted by molar-refractivity contribution is 5.79. The second kappa shape index (κ2) is 11.1. The molecule has 1 aliphatic rings. The number of hydrogen-bond acceptors (Lipinski definition) is 3. The normalized spacial score (nSPS) is 16.8. The summed E-state index contributed by atoms with van der Waals surface area (Å²) in [6.45, 7) is 2.52. The number of hydrogen-bond donors (Lipinski definition) is 2. The zero-order chi connectivity index (χ0) is 17.0. The number of rotatable bonds is 8. The van der Waals surface area contributed by atoms with Crippen LogP contribution in [0.25, 0.3) is 0 Å². The van der Waals surface area contributed by atoms with Gasteiger partial charge in [-0.05, 0) is 31.7 Å². The minimum atomic E-state index is 0.508. The Morgan fingerprint density at radius 2 is 2.04 bits per heavy atom. The van der Waals surface area contributed by atoms with Crippen molar-refractivity contribution in [1.29, 1.82) is 0 Å². The van der Waals surface area contributed by atoms with Gasteiger partial charge in [-0.1, -0.05) is 25.7 Å². The van der Waals surface area contributed by atoms with Crippen LogP contribution in [0.1, 0.15) is 57.1 Å². The van der Waals surface area contributed by atoms with E-state index in [1.54, 1.807) is 7.05 Å². The highest BCUT2D eigenvalue weighted by Crippen LogP contribution is 2.19. The fraction of sp³-hybridized carbons (Fsp3) is 0.778. The quantitative estimate of drug-likeness (QED) is 0.332. The monoisotopic (exact) mass is 335 g/mol. The molecule has 0 saturated heterocycles. The molecule has 1 aromatic heterocycles. The first-order valence-corrected chi connectivity index (χ1v) is 9.32. The van der Waals surface area contributed by atoms with Crippen LogP contribution in [0.4, 0.5) is 0 Å². The molecular weight excluding hydrogens is 302 g/mol. The number of nitrogens with zero attached hydrogens (tertiary/aromatic N) is 3. The predicted octanol–water partition coefficient (Wildman–Crippen LogP) is 2.60. The van der Waals surface area contributed by atoms with E-state index in [9.17, 15) is 0 Å². The van der Waals surface area contributed by atoms with E-state index in [2.05, 4.69) is 20.7 Å². The third-order valence-electron chi connectivity index (χ3n) is 4.60. The van der Waals surface area contributed by atoms with Gasteiger partial charge in [0.1, 0.15) is 0 Å². The van der Waals surface area contributed by atoms with Crippen LogP contribution in [0.3, 0.4) is 0 Å². The molecule has 1 saturated carbocycles. The van der Waals surface area contributed by atoms with Gasteiger partial charge in [0.25, 0.3) is 0 Å². The number of nitrogens with one attached hydrogen (secondary N) is 2. The van der Waals surface area contributed by atoms with Gasteiger partial charge < -0.3 is 15.4 Å². The van der Waals surface area contributed by atoms with Crippen LogP contribution >= 0.6 is 0 Å². The summed E-state index contributed by atoms with van der Waals surface area (Å²) >= 11 is 0. The highest BCUT2D eigenvalue weighted by Gasteiger charge is 2.11. The average molecular weight is 335 g/mol. The van der Waals surface area contributed by atoms with Gasteiger partial charge in [0.2, 0.25) is 0 Å². The first kappa shape index (κ1) is 18.8. The largest absolute Gasteiger partial charge is 0.378 e. The zero-order valence-electron chi connectivity index (χ0n) is 15.3. The lowest BCUT2D eigenvalue weighted by Gasteiger charge is -2.15. The fourth-order valence-corrected chi connectivity index (χ4v) is 3.06. The van der Waals surface area contributed by atoms with Crippen molar-refractivity contribution in [3.63, 3.8) is 0 Å². The van der Waals surface area contributed by atoms with E-state index in [1.807, 2.05) is 24.0 Å². The second-order valence-corrected chi connectivity index (χ2v) is 6.49. The van der Waals surface area contributed by atoms with Crippen molar-refractivity contribution in [1.82, 2.24) is 20.4 Å². The first-order valence-electron chi connectivity index (χ1n) is 9.32. The Bertz CT molecular complexity index is 478. The summed E-state index contributed by atoms with van der Waals surface area (Å²) in [5.74, 6) is 0.834. The maximum absolute atomic E-state index is 6.02. The molecule has 6 nitrogen and oxygen atoms in total. The van der Waals surface area contributed by atoms with Crippen LogP contribution < -0.4 is 10.6 Å². The molecule has 2 N–H and O–H groups in total. The van der Waals surface area contributed by atoms with Crippen LogP contribution in [0.2, 0.25) is 0 Å². The number of unbranched alkanes of at least 4 members (excludes halogenated alkanes) is 1. The highest BCUT2D eigenvalue weighted by atomic mass is 16.5. The molecule has 24 heavy (non-hydrogen) atoms. The Morgan fingerprint density at radius 3 is 2.71 bits per heavy atom. The molecule has 2 rings (SSSR count). The van der Waals surface area contributed by atoms with E-state index in [0.717, 1.165) is 44.2 Å². The minimum Gasteiger partial charge on any atom is -0.378 e. The van der Waals surface area contributed by atoms with Crippen LogP contribution in [0, 0.1) is 0 Å². The Morgan fingerprint density at radius 1 is 1.25 bits per heavy atom. The molecule has 1 aromatic rings. The number of ether oxygens (including phenoxy) is 1. The van der Waals surface area contributed by atoms with Crippen molar-refractivity contribution in [3.05, 3.63) is 18.0 Å². The number of guanidine groups is 1. The summed E-state index contributed by atoms with van der Waals surface area (Å²) in [5, 5.41) is 10.8. The SMILES string of the molecule is CN=C(NCCCCOC1CCCCCC1)NCc1ccnn1C. The molecular formula is C18H33N5O. The Hall–Kier alpha value is -1.56. The van der Waals surface area contributed by atoms with Gasteiger partial charge in [0.05, 0.1) is 18.3 Å². The number of aliphatic imine (C=N–C) groups is 1. The van der Waals surface area contributed by atoms with E-state index in [0.29, 0.717) is 6.10 Å². The number of aromatic nitrogens is 2. The Labute approximate surface area is 146 Å². The summed E-state index contributed by atoms with van der Waals surface area (Å²) in [7, 11) is 3.75. The van der Waals surface area contributed by atoms with Crippen LogP contribution in [0.5, 0.6) is 0 Å². The molecule has 0 aliphatic heterocycles. The summed E-state index contributed by atoms with van der Waals surface area (Å²) < 4.78 is 7.89. The van der Waals surface area contributed by atoms with Gasteiger partial charge in [-0.25, -0.2) is 0 Å². The second-order valence-electron chi connectivity index (χ2n) is 6.49. The third kappa shape index (κ3) is 6.91. The molecule has 136 valence electrons. The van der Waals surface area contributed by atoms with E-state index < -0.39 is 0 Å². The fourth-order valence-electron chi connectivity index (χ4n) is 3.06. The zero-order valence-corrected chi connectivity index (χ0v) is 15.3. The molecule has 0 radical (unpaired) electrons. The topological polar surface area (TPSA) is 63.5 Å². The van der Waals surface area contributed by atoms with Gasteiger partial charge in [-0.2, -0.15) is 5.10 Å². The van der Waals surface area contributed by atoms with Crippen molar-refractivity contribution in [3.8, 4) is 0 Å². The van der Waals surface area contributed by atoms with Gasteiger partial charge in [-0.3, -0.25) is 9.67 Å². The lowest BCUT2D eigenvalue weighted by atomic mass is 10.1. The predicted molar refractivity (Wildman–Crippen MR) is 98.1 cm³/mol. The Kier molecular flexibility index (Phi) is 8.66. The van der Waals surface area contributed by atoms with E-state index in [4.69, 9.17) is 4.74 Å². The van der Waals surface area contributed by atoms with Gasteiger partial charge in [-0.15, -0.1) is 0 Å². The lowest BCUT2D eigenvalue weighted by molar-refractivity contribution is 0.0411. The average Bonchev–Trinajstić information content (AvgIpc) is 2.84. The van der Waals surface area contributed by atoms with Crippen LogP contribution in [0.15, 0.2) is 17.3 Å².